The van der Waals surface area contributed by atoms with Crippen LogP contribution in [0.15, 0.2) is 48.5 Å². The molecule has 0 aromatic heterocycles. The lowest BCUT2D eigenvalue weighted by atomic mass is 9.99. The van der Waals surface area contributed by atoms with E-state index in [4.69, 9.17) is 5.11 Å². The molecule has 0 aliphatic rings. The Morgan fingerprint density at radius 1 is 0.850 bits per heavy atom. The van der Waals surface area contributed by atoms with Crippen molar-refractivity contribution < 1.29 is 5.11 Å². The molecule has 20 heavy (non-hydrogen) atoms. The van der Waals surface area contributed by atoms with E-state index < -0.39 is 0 Å². The minimum Gasteiger partial charge on any atom is -0.392 e. The highest BCUT2D eigenvalue weighted by Gasteiger charge is 2.06. The Kier molecular flexibility index (Phi) is 4.80. The first-order valence-corrected chi connectivity index (χ1v) is 7.16. The zero-order valence-electron chi connectivity index (χ0n) is 12.4. The highest BCUT2D eigenvalue weighted by atomic mass is 16.3. The van der Waals surface area contributed by atoms with Crippen molar-refractivity contribution in [1.82, 2.24) is 0 Å². The fraction of sp³-hybridized carbons (Fsp3) is 0.333. The van der Waals surface area contributed by atoms with Gasteiger partial charge in [0.1, 0.15) is 0 Å². The van der Waals surface area contributed by atoms with Crippen LogP contribution in [0.5, 0.6) is 0 Å². The van der Waals surface area contributed by atoms with Crippen molar-refractivity contribution in [3.8, 4) is 0 Å². The number of nitrogens with one attached hydrogen (secondary N) is 1. The van der Waals surface area contributed by atoms with E-state index >= 15 is 0 Å². The molecule has 2 rings (SSSR count). The van der Waals surface area contributed by atoms with E-state index in [9.17, 15) is 0 Å². The maximum absolute atomic E-state index is 9.04. The topological polar surface area (TPSA) is 32.3 Å². The molecule has 0 spiro atoms. The van der Waals surface area contributed by atoms with Crippen LogP contribution in [0.1, 0.15) is 49.4 Å². The molecule has 0 aliphatic carbocycles. The summed E-state index contributed by atoms with van der Waals surface area (Å²) in [5, 5.41) is 12.5. The Labute approximate surface area is 121 Å². The first kappa shape index (κ1) is 14.6. The van der Waals surface area contributed by atoms with Crippen molar-refractivity contribution in [2.24, 2.45) is 0 Å². The maximum atomic E-state index is 9.04. The van der Waals surface area contributed by atoms with Crippen LogP contribution in [0.2, 0.25) is 0 Å². The van der Waals surface area contributed by atoms with E-state index in [0.29, 0.717) is 5.92 Å². The Morgan fingerprint density at radius 2 is 1.40 bits per heavy atom. The molecule has 2 aromatic rings. The molecule has 0 saturated carbocycles. The Morgan fingerprint density at radius 3 is 1.90 bits per heavy atom. The zero-order chi connectivity index (χ0) is 14.5. The molecular formula is C18H23NO. The Balaban J connectivity index is 2.04. The van der Waals surface area contributed by atoms with Crippen LogP contribution in [0.25, 0.3) is 0 Å². The number of rotatable bonds is 5. The monoisotopic (exact) mass is 269 g/mol. The van der Waals surface area contributed by atoms with Crippen LogP contribution < -0.4 is 5.32 Å². The van der Waals surface area contributed by atoms with Gasteiger partial charge in [0.05, 0.1) is 6.61 Å². The first-order valence-electron chi connectivity index (χ1n) is 7.16. The molecule has 2 N–H and O–H groups in total. The van der Waals surface area contributed by atoms with Crippen molar-refractivity contribution in [2.75, 3.05) is 5.32 Å². The molecule has 106 valence electrons. The third-order valence-corrected chi connectivity index (χ3v) is 3.62. The van der Waals surface area contributed by atoms with Gasteiger partial charge < -0.3 is 10.4 Å². The second kappa shape index (κ2) is 6.58. The number of hydrogen-bond donors (Lipinski definition) is 2. The van der Waals surface area contributed by atoms with Crippen LogP contribution in [0.3, 0.4) is 0 Å². The van der Waals surface area contributed by atoms with Crippen LogP contribution in [-0.4, -0.2) is 5.11 Å². The van der Waals surface area contributed by atoms with E-state index in [2.05, 4.69) is 50.4 Å². The third kappa shape index (κ3) is 3.61. The second-order valence-corrected chi connectivity index (χ2v) is 5.54. The molecular weight excluding hydrogens is 246 g/mol. The number of hydrogen-bond acceptors (Lipinski definition) is 2. The van der Waals surface area contributed by atoms with E-state index in [-0.39, 0.29) is 12.6 Å². The lowest BCUT2D eigenvalue weighted by molar-refractivity contribution is 0.282. The quantitative estimate of drug-likeness (QED) is 0.839. The summed E-state index contributed by atoms with van der Waals surface area (Å²) in [6.45, 7) is 6.66. The summed E-state index contributed by atoms with van der Waals surface area (Å²) >= 11 is 0. The predicted octanol–water partition coefficient (Wildman–Crippen LogP) is 4.48. The van der Waals surface area contributed by atoms with Gasteiger partial charge in [0.2, 0.25) is 0 Å². The standard InChI is InChI=1S/C18H23NO/c1-13(2)16-6-8-17(9-7-16)14(3)19-18-10-4-15(12-20)5-11-18/h4-11,13-14,19-20H,12H2,1-3H3. The zero-order valence-corrected chi connectivity index (χ0v) is 12.4. The van der Waals surface area contributed by atoms with E-state index in [1.165, 1.54) is 11.1 Å². The minimum atomic E-state index is 0.0898. The van der Waals surface area contributed by atoms with Gasteiger partial charge >= 0.3 is 0 Å². The van der Waals surface area contributed by atoms with E-state index in [1.807, 2.05) is 24.3 Å². The van der Waals surface area contributed by atoms with Crippen LogP contribution >= 0.6 is 0 Å². The van der Waals surface area contributed by atoms with Crippen molar-refractivity contribution >= 4 is 5.69 Å². The fourth-order valence-electron chi connectivity index (χ4n) is 2.21. The minimum absolute atomic E-state index is 0.0898. The van der Waals surface area contributed by atoms with Crippen molar-refractivity contribution in [1.29, 1.82) is 0 Å². The average Bonchev–Trinajstić information content (AvgIpc) is 2.48. The molecule has 0 radical (unpaired) electrons. The first-order chi connectivity index (χ1) is 9.60. The highest BCUT2D eigenvalue weighted by molar-refractivity contribution is 5.46. The molecule has 1 atom stereocenters. The largest absolute Gasteiger partial charge is 0.392 e. The summed E-state index contributed by atoms with van der Waals surface area (Å²) in [7, 11) is 0. The number of aliphatic hydroxyl groups excluding tert-OH is 1. The van der Waals surface area contributed by atoms with Crippen molar-refractivity contribution in [3.05, 3.63) is 65.2 Å². The molecule has 1 unspecified atom stereocenters. The SMILES string of the molecule is CC(C)c1ccc(C(C)Nc2ccc(CO)cc2)cc1. The molecule has 0 fully saturated rings. The lowest BCUT2D eigenvalue weighted by Gasteiger charge is -2.17. The van der Waals surface area contributed by atoms with Gasteiger partial charge in [-0.2, -0.15) is 0 Å². The number of benzene rings is 2. The van der Waals surface area contributed by atoms with Gasteiger partial charge in [-0.3, -0.25) is 0 Å². The van der Waals surface area contributed by atoms with Gasteiger partial charge in [0.15, 0.2) is 0 Å². The molecule has 0 aliphatic heterocycles. The molecule has 2 nitrogen and oxygen atoms in total. The average molecular weight is 269 g/mol. The van der Waals surface area contributed by atoms with E-state index in [0.717, 1.165) is 11.3 Å². The highest BCUT2D eigenvalue weighted by Crippen LogP contribution is 2.22. The molecule has 0 amide bonds. The summed E-state index contributed by atoms with van der Waals surface area (Å²) < 4.78 is 0. The van der Waals surface area contributed by atoms with Crippen molar-refractivity contribution in [2.45, 2.75) is 39.3 Å². The molecule has 2 aromatic carbocycles. The predicted molar refractivity (Wildman–Crippen MR) is 84.9 cm³/mol. The molecule has 0 heterocycles. The normalized spacial score (nSPS) is 12.4. The fourth-order valence-corrected chi connectivity index (χ4v) is 2.21. The Bertz CT molecular complexity index is 528. The maximum Gasteiger partial charge on any atom is 0.0681 e. The lowest BCUT2D eigenvalue weighted by Crippen LogP contribution is -2.06. The summed E-state index contributed by atoms with van der Waals surface area (Å²) in [5.41, 5.74) is 4.65. The van der Waals surface area contributed by atoms with Crippen LogP contribution in [-0.2, 0) is 6.61 Å². The Hall–Kier alpha value is -1.80. The van der Waals surface area contributed by atoms with E-state index in [1.54, 1.807) is 0 Å². The van der Waals surface area contributed by atoms with Gasteiger partial charge in [0, 0.05) is 11.7 Å². The summed E-state index contributed by atoms with van der Waals surface area (Å²) in [5.74, 6) is 0.568. The van der Waals surface area contributed by atoms with Gasteiger partial charge in [-0.1, -0.05) is 50.2 Å². The van der Waals surface area contributed by atoms with Gasteiger partial charge in [-0.15, -0.1) is 0 Å². The van der Waals surface area contributed by atoms with Gasteiger partial charge in [-0.25, -0.2) is 0 Å². The van der Waals surface area contributed by atoms with Crippen LogP contribution in [0, 0.1) is 0 Å². The van der Waals surface area contributed by atoms with Gasteiger partial charge in [-0.05, 0) is 41.7 Å². The van der Waals surface area contributed by atoms with Crippen LogP contribution in [0.4, 0.5) is 5.69 Å². The molecule has 0 saturated heterocycles. The third-order valence-electron chi connectivity index (χ3n) is 3.62. The molecule has 0 bridgehead atoms. The van der Waals surface area contributed by atoms with Gasteiger partial charge in [0.25, 0.3) is 0 Å². The number of aliphatic hydroxyl groups is 1. The summed E-state index contributed by atoms with van der Waals surface area (Å²) in [6, 6.07) is 16.9. The molecule has 2 heteroatoms. The summed E-state index contributed by atoms with van der Waals surface area (Å²) in [4.78, 5) is 0. The number of anilines is 1. The second-order valence-electron chi connectivity index (χ2n) is 5.54. The smallest absolute Gasteiger partial charge is 0.0681 e. The summed E-state index contributed by atoms with van der Waals surface area (Å²) in [6.07, 6.45) is 0. The van der Waals surface area contributed by atoms with Crippen molar-refractivity contribution in [3.63, 3.8) is 0 Å².